The Kier molecular flexibility index (Phi) is 8.96. The van der Waals surface area contributed by atoms with Crippen LogP contribution in [-0.4, -0.2) is 13.2 Å². The van der Waals surface area contributed by atoms with Crippen LogP contribution >= 0.6 is 0 Å². The molecule has 1 fully saturated rings. The Bertz CT molecular complexity index is 77.4. The first-order chi connectivity index (χ1) is 5.41. The van der Waals surface area contributed by atoms with E-state index in [9.17, 15) is 0 Å². The van der Waals surface area contributed by atoms with E-state index >= 15 is 0 Å². The molecule has 0 N–H and O–H groups in total. The Morgan fingerprint density at radius 1 is 1.00 bits per heavy atom. The molecule has 0 aromatic carbocycles. The molecule has 0 amide bonds. The fourth-order valence-corrected chi connectivity index (χ4v) is 0.746. The third-order valence-electron chi connectivity index (χ3n) is 1.40. The molecule has 1 saturated heterocycles. The molecule has 0 bridgehead atoms. The quantitative estimate of drug-likeness (QED) is 0.448. The number of allylic oxidation sites excluding steroid dienone is 2. The van der Waals surface area contributed by atoms with Crippen molar-refractivity contribution in [2.75, 3.05) is 13.2 Å². The molecular formula is C10H18O. The van der Waals surface area contributed by atoms with Crippen molar-refractivity contribution in [3.63, 3.8) is 0 Å². The molecule has 1 heterocycles. The van der Waals surface area contributed by atoms with Crippen molar-refractivity contribution in [1.82, 2.24) is 0 Å². The third-order valence-corrected chi connectivity index (χ3v) is 1.40. The molecule has 1 nitrogen and oxygen atoms in total. The van der Waals surface area contributed by atoms with Crippen molar-refractivity contribution in [1.29, 1.82) is 0 Å². The van der Waals surface area contributed by atoms with Crippen LogP contribution in [0.1, 0.15) is 25.7 Å². The van der Waals surface area contributed by atoms with E-state index in [0.717, 1.165) is 26.1 Å². The predicted octanol–water partition coefficient (Wildman–Crippen LogP) is 2.94. The van der Waals surface area contributed by atoms with Gasteiger partial charge in [0.1, 0.15) is 0 Å². The van der Waals surface area contributed by atoms with Crippen LogP contribution in [0.15, 0.2) is 25.3 Å². The Balaban J connectivity index is 0.000000183. The van der Waals surface area contributed by atoms with Crippen molar-refractivity contribution in [3.8, 4) is 0 Å². The van der Waals surface area contributed by atoms with Crippen molar-refractivity contribution < 1.29 is 4.74 Å². The molecule has 11 heavy (non-hydrogen) atoms. The lowest BCUT2D eigenvalue weighted by atomic mass is 10.3. The van der Waals surface area contributed by atoms with Gasteiger partial charge in [0, 0.05) is 13.2 Å². The number of ether oxygens (including phenoxy) is 1. The predicted molar refractivity (Wildman–Crippen MR) is 49.7 cm³/mol. The van der Waals surface area contributed by atoms with Gasteiger partial charge in [-0.25, -0.2) is 0 Å². The number of hydrogen-bond acceptors (Lipinski definition) is 1. The van der Waals surface area contributed by atoms with Crippen molar-refractivity contribution >= 4 is 0 Å². The van der Waals surface area contributed by atoms with Crippen molar-refractivity contribution in [2.24, 2.45) is 0 Å². The average molecular weight is 154 g/mol. The molecule has 0 aliphatic carbocycles. The van der Waals surface area contributed by atoms with Gasteiger partial charge in [0.15, 0.2) is 0 Å². The smallest absolute Gasteiger partial charge is 0.0466 e. The van der Waals surface area contributed by atoms with E-state index in [2.05, 4.69) is 13.2 Å². The number of unbranched alkanes of at least 4 members (excludes halogenated alkanes) is 1. The maximum atomic E-state index is 4.94. The normalized spacial score (nSPS) is 14.9. The first kappa shape index (κ1) is 10.4. The molecule has 0 atom stereocenters. The molecule has 1 aliphatic heterocycles. The summed E-state index contributed by atoms with van der Waals surface area (Å²) in [6.07, 6.45) is 8.45. The van der Waals surface area contributed by atoms with E-state index in [0.29, 0.717) is 0 Å². The molecule has 0 aromatic rings. The van der Waals surface area contributed by atoms with Crippen LogP contribution in [0.25, 0.3) is 0 Å². The third kappa shape index (κ3) is 9.44. The lowest BCUT2D eigenvalue weighted by Gasteiger charge is -1.76. The zero-order valence-electron chi connectivity index (χ0n) is 7.22. The van der Waals surface area contributed by atoms with Gasteiger partial charge in [0.25, 0.3) is 0 Å². The molecule has 1 aliphatic rings. The van der Waals surface area contributed by atoms with Crippen molar-refractivity contribution in [3.05, 3.63) is 25.3 Å². The molecule has 0 aromatic heterocycles. The van der Waals surface area contributed by atoms with Gasteiger partial charge in [0.05, 0.1) is 0 Å². The summed E-state index contributed by atoms with van der Waals surface area (Å²) in [5.74, 6) is 0. The van der Waals surface area contributed by atoms with Crippen LogP contribution in [0.4, 0.5) is 0 Å². The summed E-state index contributed by atoms with van der Waals surface area (Å²) < 4.78 is 4.94. The van der Waals surface area contributed by atoms with Gasteiger partial charge in [-0.3, -0.25) is 0 Å². The first-order valence-corrected chi connectivity index (χ1v) is 4.21. The number of rotatable bonds is 3. The van der Waals surface area contributed by atoms with E-state index in [1.807, 2.05) is 12.2 Å². The van der Waals surface area contributed by atoms with E-state index in [1.54, 1.807) is 0 Å². The minimum absolute atomic E-state index is 1.00. The van der Waals surface area contributed by atoms with Gasteiger partial charge in [-0.15, -0.1) is 13.2 Å². The van der Waals surface area contributed by atoms with Gasteiger partial charge in [-0.1, -0.05) is 12.2 Å². The standard InChI is InChI=1S/C6H10.C4H8O/c1-3-5-6-4-2;1-2-4-5-3-1/h3-4H,1-2,5-6H2;1-4H2. The van der Waals surface area contributed by atoms with E-state index in [-0.39, 0.29) is 0 Å². The molecule has 0 unspecified atom stereocenters. The summed E-state index contributed by atoms with van der Waals surface area (Å²) in [5.41, 5.74) is 0. The summed E-state index contributed by atoms with van der Waals surface area (Å²) in [7, 11) is 0. The van der Waals surface area contributed by atoms with Gasteiger partial charge in [0.2, 0.25) is 0 Å². The highest BCUT2D eigenvalue weighted by Crippen LogP contribution is 1.98. The maximum absolute atomic E-state index is 4.94. The monoisotopic (exact) mass is 154 g/mol. The topological polar surface area (TPSA) is 9.23 Å². The molecule has 1 rings (SSSR count). The van der Waals surface area contributed by atoms with Gasteiger partial charge in [-0.05, 0) is 25.7 Å². The van der Waals surface area contributed by atoms with Crippen molar-refractivity contribution in [2.45, 2.75) is 25.7 Å². The molecule has 0 radical (unpaired) electrons. The Morgan fingerprint density at radius 3 is 1.64 bits per heavy atom. The zero-order valence-corrected chi connectivity index (χ0v) is 7.22. The van der Waals surface area contributed by atoms with Crippen LogP contribution in [0.2, 0.25) is 0 Å². The van der Waals surface area contributed by atoms with Crippen LogP contribution in [0.3, 0.4) is 0 Å². The van der Waals surface area contributed by atoms with E-state index in [4.69, 9.17) is 4.74 Å². The first-order valence-electron chi connectivity index (χ1n) is 4.21. The molecule has 64 valence electrons. The minimum atomic E-state index is 1.00. The zero-order chi connectivity index (χ0) is 8.36. The summed E-state index contributed by atoms with van der Waals surface area (Å²) in [6.45, 7) is 9.10. The second-order valence-corrected chi connectivity index (χ2v) is 2.47. The largest absolute Gasteiger partial charge is 0.381 e. The lowest BCUT2D eigenvalue weighted by molar-refractivity contribution is 0.198. The van der Waals surface area contributed by atoms with Crippen LogP contribution in [0.5, 0.6) is 0 Å². The maximum Gasteiger partial charge on any atom is 0.0466 e. The summed E-state index contributed by atoms with van der Waals surface area (Å²) in [6, 6.07) is 0. The highest BCUT2D eigenvalue weighted by Gasteiger charge is 1.94. The second-order valence-electron chi connectivity index (χ2n) is 2.47. The van der Waals surface area contributed by atoms with Gasteiger partial charge < -0.3 is 4.74 Å². The van der Waals surface area contributed by atoms with E-state index in [1.165, 1.54) is 12.8 Å². The fraction of sp³-hybridized carbons (Fsp3) is 0.600. The highest BCUT2D eigenvalue weighted by atomic mass is 16.5. The summed E-state index contributed by atoms with van der Waals surface area (Å²) in [5, 5.41) is 0. The highest BCUT2D eigenvalue weighted by molar-refractivity contribution is 4.74. The molecular weight excluding hydrogens is 136 g/mol. The lowest BCUT2D eigenvalue weighted by Crippen LogP contribution is -1.74. The molecule has 1 heteroatoms. The van der Waals surface area contributed by atoms with Gasteiger partial charge in [-0.2, -0.15) is 0 Å². The SMILES string of the molecule is C1CCOC1.C=CCCC=C. The summed E-state index contributed by atoms with van der Waals surface area (Å²) >= 11 is 0. The fourth-order valence-electron chi connectivity index (χ4n) is 0.746. The van der Waals surface area contributed by atoms with Gasteiger partial charge >= 0.3 is 0 Å². The Hall–Kier alpha value is -0.560. The summed E-state index contributed by atoms with van der Waals surface area (Å²) in [4.78, 5) is 0. The number of hydrogen-bond donors (Lipinski definition) is 0. The average Bonchev–Trinajstić information content (AvgIpc) is 2.57. The van der Waals surface area contributed by atoms with Crippen LogP contribution in [-0.2, 0) is 4.74 Å². The van der Waals surface area contributed by atoms with Crippen LogP contribution in [0, 0.1) is 0 Å². The second kappa shape index (κ2) is 9.44. The van der Waals surface area contributed by atoms with E-state index < -0.39 is 0 Å². The minimum Gasteiger partial charge on any atom is -0.381 e. The molecule has 0 spiro atoms. The Labute approximate surface area is 69.8 Å². The van der Waals surface area contributed by atoms with Crippen LogP contribution < -0.4 is 0 Å². The molecule has 0 saturated carbocycles. The Morgan fingerprint density at radius 2 is 1.45 bits per heavy atom.